The second kappa shape index (κ2) is 8.58. The first kappa shape index (κ1) is 19.6. The Kier molecular flexibility index (Phi) is 6.72. The molecule has 1 aliphatic rings. The lowest BCUT2D eigenvalue weighted by Gasteiger charge is -2.22. The maximum absolute atomic E-state index is 14.2. The summed E-state index contributed by atoms with van der Waals surface area (Å²) in [5.74, 6) is -1.16. The molecule has 0 bridgehead atoms. The Morgan fingerprint density at radius 1 is 1.40 bits per heavy atom. The number of carbonyl (C=O) groups excluding carboxylic acids is 1. The Bertz CT molecular complexity index is 610. The summed E-state index contributed by atoms with van der Waals surface area (Å²) in [5.41, 5.74) is 0.187. The number of aliphatic hydroxyl groups is 1. The number of ether oxygens (including phenoxy) is 1. The van der Waals surface area contributed by atoms with Crippen molar-refractivity contribution >= 4 is 5.91 Å². The SMILES string of the molecule is COc1ccc(F)c(F)c1CN1C[C@H](NC(=O)CCO)[C@@H](C(C)C)C1. The molecule has 140 valence electrons. The van der Waals surface area contributed by atoms with Crippen molar-refractivity contribution in [2.24, 2.45) is 11.8 Å². The zero-order valence-electron chi connectivity index (χ0n) is 14.9. The Morgan fingerprint density at radius 3 is 2.72 bits per heavy atom. The average Bonchev–Trinajstić information content (AvgIpc) is 2.95. The van der Waals surface area contributed by atoms with Crippen LogP contribution in [0.5, 0.6) is 5.75 Å². The molecule has 0 unspecified atom stereocenters. The van der Waals surface area contributed by atoms with Gasteiger partial charge in [-0.25, -0.2) is 8.78 Å². The number of rotatable bonds is 7. The number of likely N-dealkylation sites (tertiary alicyclic amines) is 1. The Morgan fingerprint density at radius 2 is 2.12 bits per heavy atom. The zero-order chi connectivity index (χ0) is 18.6. The van der Waals surface area contributed by atoms with Crippen molar-refractivity contribution in [3.63, 3.8) is 0 Å². The molecule has 2 rings (SSSR count). The van der Waals surface area contributed by atoms with Gasteiger partial charge in [0.05, 0.1) is 13.7 Å². The van der Waals surface area contributed by atoms with E-state index in [1.165, 1.54) is 13.2 Å². The normalized spacial score (nSPS) is 20.9. The summed E-state index contributed by atoms with van der Waals surface area (Å²) in [6.45, 7) is 5.37. The van der Waals surface area contributed by atoms with Gasteiger partial charge in [0.25, 0.3) is 0 Å². The average molecular weight is 356 g/mol. The fraction of sp³-hybridized carbons (Fsp3) is 0.611. The van der Waals surface area contributed by atoms with Crippen LogP contribution < -0.4 is 10.1 Å². The van der Waals surface area contributed by atoms with E-state index in [0.717, 1.165) is 6.07 Å². The lowest BCUT2D eigenvalue weighted by Crippen LogP contribution is -2.42. The highest BCUT2D eigenvalue weighted by Gasteiger charge is 2.36. The highest BCUT2D eigenvalue weighted by Crippen LogP contribution is 2.30. The molecule has 1 aromatic carbocycles. The molecule has 1 amide bonds. The lowest BCUT2D eigenvalue weighted by atomic mass is 9.91. The van der Waals surface area contributed by atoms with E-state index in [0.29, 0.717) is 24.8 Å². The summed E-state index contributed by atoms with van der Waals surface area (Å²) < 4.78 is 32.9. The van der Waals surface area contributed by atoms with Crippen molar-refractivity contribution < 1.29 is 23.4 Å². The van der Waals surface area contributed by atoms with Gasteiger partial charge in [-0.05, 0) is 24.0 Å². The van der Waals surface area contributed by atoms with Crippen LogP contribution in [0.15, 0.2) is 12.1 Å². The molecule has 25 heavy (non-hydrogen) atoms. The van der Waals surface area contributed by atoms with Gasteiger partial charge in [-0.2, -0.15) is 0 Å². The summed E-state index contributed by atoms with van der Waals surface area (Å²) in [4.78, 5) is 13.8. The first-order valence-corrected chi connectivity index (χ1v) is 8.50. The maximum atomic E-state index is 14.2. The molecule has 0 saturated carbocycles. The van der Waals surface area contributed by atoms with Crippen molar-refractivity contribution in [3.8, 4) is 5.75 Å². The van der Waals surface area contributed by atoms with Gasteiger partial charge in [0.15, 0.2) is 11.6 Å². The number of benzene rings is 1. The molecule has 1 fully saturated rings. The highest BCUT2D eigenvalue weighted by molar-refractivity contribution is 5.76. The molecular formula is C18H26F2N2O3. The minimum Gasteiger partial charge on any atom is -0.496 e. The summed E-state index contributed by atoms with van der Waals surface area (Å²) in [6.07, 6.45) is 0.0632. The summed E-state index contributed by atoms with van der Waals surface area (Å²) in [7, 11) is 1.43. The Labute approximate surface area is 147 Å². The third-order valence-electron chi connectivity index (χ3n) is 4.74. The Balaban J connectivity index is 2.14. The van der Waals surface area contributed by atoms with Gasteiger partial charge in [-0.15, -0.1) is 0 Å². The third-order valence-corrected chi connectivity index (χ3v) is 4.74. The van der Waals surface area contributed by atoms with E-state index in [-0.39, 0.29) is 43.0 Å². The number of methoxy groups -OCH3 is 1. The second-order valence-corrected chi connectivity index (χ2v) is 6.79. The standard InChI is InChI=1S/C18H26F2N2O3/c1-11(2)12-8-22(10-15(12)21-17(24)6-7-23)9-13-16(25-3)5-4-14(19)18(13)20/h4-5,11-12,15,23H,6-10H2,1-3H3,(H,21,24)/t12-,15+/m1/s1. The van der Waals surface area contributed by atoms with Crippen LogP contribution in [-0.2, 0) is 11.3 Å². The number of aliphatic hydroxyl groups excluding tert-OH is 1. The molecule has 5 nitrogen and oxygen atoms in total. The van der Waals surface area contributed by atoms with Crippen molar-refractivity contribution in [1.82, 2.24) is 10.2 Å². The molecule has 1 aliphatic heterocycles. The topological polar surface area (TPSA) is 61.8 Å². The molecule has 0 spiro atoms. The molecule has 2 N–H and O–H groups in total. The van der Waals surface area contributed by atoms with E-state index in [1.54, 1.807) is 0 Å². The molecule has 1 heterocycles. The molecule has 2 atom stereocenters. The highest BCUT2D eigenvalue weighted by atomic mass is 19.2. The predicted molar refractivity (Wildman–Crippen MR) is 90.1 cm³/mol. The molecule has 0 aliphatic carbocycles. The van der Waals surface area contributed by atoms with E-state index in [4.69, 9.17) is 9.84 Å². The zero-order valence-corrected chi connectivity index (χ0v) is 14.9. The fourth-order valence-corrected chi connectivity index (χ4v) is 3.39. The molecule has 1 aromatic rings. The summed E-state index contributed by atoms with van der Waals surface area (Å²) in [6, 6.07) is 2.39. The number of nitrogens with one attached hydrogen (secondary N) is 1. The van der Waals surface area contributed by atoms with Crippen molar-refractivity contribution in [1.29, 1.82) is 0 Å². The largest absolute Gasteiger partial charge is 0.496 e. The molecular weight excluding hydrogens is 330 g/mol. The fourth-order valence-electron chi connectivity index (χ4n) is 3.39. The van der Waals surface area contributed by atoms with Gasteiger partial charge in [0.2, 0.25) is 5.91 Å². The van der Waals surface area contributed by atoms with Crippen LogP contribution >= 0.6 is 0 Å². The van der Waals surface area contributed by atoms with Gasteiger partial charge >= 0.3 is 0 Å². The van der Waals surface area contributed by atoms with E-state index in [2.05, 4.69) is 19.2 Å². The van der Waals surface area contributed by atoms with Gasteiger partial charge in [0.1, 0.15) is 5.75 Å². The number of nitrogens with zero attached hydrogens (tertiary/aromatic N) is 1. The molecule has 0 radical (unpaired) electrons. The molecule has 1 saturated heterocycles. The van der Waals surface area contributed by atoms with Crippen LogP contribution in [0.3, 0.4) is 0 Å². The minimum atomic E-state index is -0.900. The van der Waals surface area contributed by atoms with Gasteiger partial charge in [0, 0.05) is 37.7 Å². The maximum Gasteiger partial charge on any atom is 0.222 e. The van der Waals surface area contributed by atoms with Crippen LogP contribution in [0.25, 0.3) is 0 Å². The van der Waals surface area contributed by atoms with Crippen LogP contribution in [0.1, 0.15) is 25.8 Å². The Hall–Kier alpha value is -1.73. The van der Waals surface area contributed by atoms with Crippen LogP contribution in [-0.4, -0.2) is 48.8 Å². The number of hydrogen-bond donors (Lipinski definition) is 2. The van der Waals surface area contributed by atoms with E-state index < -0.39 is 11.6 Å². The van der Waals surface area contributed by atoms with Crippen LogP contribution in [0.4, 0.5) is 8.78 Å². The summed E-state index contributed by atoms with van der Waals surface area (Å²) >= 11 is 0. The smallest absolute Gasteiger partial charge is 0.222 e. The number of carbonyl (C=O) groups is 1. The third kappa shape index (κ3) is 4.67. The second-order valence-electron chi connectivity index (χ2n) is 6.79. The predicted octanol–water partition coefficient (Wildman–Crippen LogP) is 1.93. The van der Waals surface area contributed by atoms with Crippen molar-refractivity contribution in [2.45, 2.75) is 32.9 Å². The van der Waals surface area contributed by atoms with E-state index in [1.807, 2.05) is 4.90 Å². The van der Waals surface area contributed by atoms with Gasteiger partial charge in [-0.1, -0.05) is 13.8 Å². The minimum absolute atomic E-state index is 0.0632. The van der Waals surface area contributed by atoms with Gasteiger partial charge in [-0.3, -0.25) is 9.69 Å². The number of amides is 1. The quantitative estimate of drug-likeness (QED) is 0.784. The van der Waals surface area contributed by atoms with Gasteiger partial charge < -0.3 is 15.2 Å². The van der Waals surface area contributed by atoms with Crippen molar-refractivity contribution in [3.05, 3.63) is 29.3 Å². The van der Waals surface area contributed by atoms with E-state index in [9.17, 15) is 13.6 Å². The van der Waals surface area contributed by atoms with Crippen molar-refractivity contribution in [2.75, 3.05) is 26.8 Å². The number of halogens is 2. The first-order valence-electron chi connectivity index (χ1n) is 8.50. The summed E-state index contributed by atoms with van der Waals surface area (Å²) in [5, 5.41) is 11.8. The van der Waals surface area contributed by atoms with Crippen LogP contribution in [0.2, 0.25) is 0 Å². The van der Waals surface area contributed by atoms with Crippen LogP contribution in [0, 0.1) is 23.5 Å². The number of hydrogen-bond acceptors (Lipinski definition) is 4. The van der Waals surface area contributed by atoms with E-state index >= 15 is 0 Å². The monoisotopic (exact) mass is 356 g/mol. The molecule has 7 heteroatoms. The lowest BCUT2D eigenvalue weighted by molar-refractivity contribution is -0.122. The molecule has 0 aromatic heterocycles. The first-order chi connectivity index (χ1) is 11.9.